The lowest BCUT2D eigenvalue weighted by atomic mass is 10.2. The predicted octanol–water partition coefficient (Wildman–Crippen LogP) is 1.46. The molecular weight excluding hydrogens is 301 g/mol. The zero-order chi connectivity index (χ0) is 15.6. The summed E-state index contributed by atoms with van der Waals surface area (Å²) in [6.07, 6.45) is 0.831. The lowest BCUT2D eigenvalue weighted by Crippen LogP contribution is -2.36. The molecule has 0 radical (unpaired) electrons. The number of hydrogen-bond donors (Lipinski definition) is 1. The number of nitrogens with zero attached hydrogens (tertiary/aromatic N) is 1. The minimum atomic E-state index is -3.91. The molecule has 1 unspecified atom stereocenters. The highest BCUT2D eigenvalue weighted by Gasteiger charge is 2.36. The van der Waals surface area contributed by atoms with Crippen molar-refractivity contribution < 1.29 is 27.4 Å². The molecule has 1 saturated heterocycles. The van der Waals surface area contributed by atoms with E-state index in [9.17, 15) is 17.6 Å². The van der Waals surface area contributed by atoms with Crippen molar-refractivity contribution in [3.63, 3.8) is 0 Å². The van der Waals surface area contributed by atoms with Gasteiger partial charge in [0.2, 0.25) is 10.0 Å². The third-order valence-electron chi connectivity index (χ3n) is 3.46. The van der Waals surface area contributed by atoms with E-state index in [0.29, 0.717) is 12.8 Å². The molecule has 1 aliphatic rings. The number of benzene rings is 1. The first-order valence-corrected chi connectivity index (χ1v) is 7.87. The number of sulfonamides is 1. The average Bonchev–Trinajstić information content (AvgIpc) is 2.86. The highest BCUT2D eigenvalue weighted by atomic mass is 32.2. The van der Waals surface area contributed by atoms with Crippen LogP contribution in [0.25, 0.3) is 0 Å². The molecule has 1 atom stereocenters. The van der Waals surface area contributed by atoms with Gasteiger partial charge in [-0.25, -0.2) is 12.8 Å². The number of halogens is 1. The smallest absolute Gasteiger partial charge is 0.304 e. The maximum atomic E-state index is 13.7. The van der Waals surface area contributed by atoms with Crippen LogP contribution < -0.4 is 4.74 Å². The first kappa shape index (κ1) is 15.7. The molecule has 21 heavy (non-hydrogen) atoms. The van der Waals surface area contributed by atoms with Gasteiger partial charge in [-0.15, -0.1) is 0 Å². The van der Waals surface area contributed by atoms with Crippen LogP contribution in [0.4, 0.5) is 4.39 Å². The maximum absolute atomic E-state index is 13.7. The molecule has 6 nitrogen and oxygen atoms in total. The molecule has 8 heteroatoms. The van der Waals surface area contributed by atoms with Gasteiger partial charge >= 0.3 is 5.97 Å². The summed E-state index contributed by atoms with van der Waals surface area (Å²) in [7, 11) is -2.62. The summed E-state index contributed by atoms with van der Waals surface area (Å²) in [6, 6.07) is 2.81. The Morgan fingerprint density at radius 1 is 1.52 bits per heavy atom. The summed E-state index contributed by atoms with van der Waals surface area (Å²) in [5.74, 6) is -1.87. The largest absolute Gasteiger partial charge is 0.494 e. The molecule has 1 fully saturated rings. The Bertz CT molecular complexity index is 646. The van der Waals surface area contributed by atoms with Crippen LogP contribution in [0.15, 0.2) is 23.1 Å². The molecule has 0 spiro atoms. The second-order valence-electron chi connectivity index (χ2n) is 4.81. The number of aliphatic carboxylic acids is 1. The molecule has 1 heterocycles. The second-order valence-corrected chi connectivity index (χ2v) is 6.70. The molecular formula is C13H16FNO5S. The number of methoxy groups -OCH3 is 1. The third kappa shape index (κ3) is 3.16. The van der Waals surface area contributed by atoms with Crippen molar-refractivity contribution in [2.24, 2.45) is 0 Å². The van der Waals surface area contributed by atoms with Gasteiger partial charge in [0, 0.05) is 12.6 Å². The highest BCUT2D eigenvalue weighted by Crippen LogP contribution is 2.29. The van der Waals surface area contributed by atoms with Crippen LogP contribution >= 0.6 is 0 Å². The van der Waals surface area contributed by atoms with E-state index in [0.717, 1.165) is 10.4 Å². The van der Waals surface area contributed by atoms with Crippen LogP contribution in [0.1, 0.15) is 19.3 Å². The fraction of sp³-hybridized carbons (Fsp3) is 0.462. The fourth-order valence-corrected chi connectivity index (χ4v) is 4.18. The van der Waals surface area contributed by atoms with Gasteiger partial charge in [0.25, 0.3) is 0 Å². The molecule has 1 N–H and O–H groups in total. The topological polar surface area (TPSA) is 83.9 Å². The van der Waals surface area contributed by atoms with E-state index >= 15 is 0 Å². The number of ether oxygens (including phenoxy) is 1. The number of hydrogen-bond acceptors (Lipinski definition) is 4. The molecule has 1 aliphatic heterocycles. The minimum Gasteiger partial charge on any atom is -0.494 e. The van der Waals surface area contributed by atoms with Gasteiger partial charge in [-0.05, 0) is 31.0 Å². The van der Waals surface area contributed by atoms with Crippen LogP contribution in [-0.2, 0) is 14.8 Å². The Hall–Kier alpha value is -1.67. The third-order valence-corrected chi connectivity index (χ3v) is 5.41. The van der Waals surface area contributed by atoms with Gasteiger partial charge in [-0.3, -0.25) is 4.79 Å². The Morgan fingerprint density at radius 2 is 2.24 bits per heavy atom. The van der Waals surface area contributed by atoms with Gasteiger partial charge in [0.1, 0.15) is 0 Å². The van der Waals surface area contributed by atoms with Crippen LogP contribution in [0.5, 0.6) is 5.75 Å². The number of carbonyl (C=O) groups is 1. The van der Waals surface area contributed by atoms with Gasteiger partial charge in [0.05, 0.1) is 18.4 Å². The lowest BCUT2D eigenvalue weighted by Gasteiger charge is -2.23. The fourth-order valence-electron chi connectivity index (χ4n) is 2.47. The van der Waals surface area contributed by atoms with E-state index in [2.05, 4.69) is 0 Å². The Kier molecular flexibility index (Phi) is 4.48. The molecule has 0 aliphatic carbocycles. The Balaban J connectivity index is 2.32. The molecule has 1 aromatic rings. The number of rotatable bonds is 5. The second kappa shape index (κ2) is 5.98. The molecule has 0 saturated carbocycles. The molecule has 0 bridgehead atoms. The van der Waals surface area contributed by atoms with E-state index in [-0.39, 0.29) is 23.6 Å². The maximum Gasteiger partial charge on any atom is 0.304 e. The number of carboxylic acids is 1. The summed E-state index contributed by atoms with van der Waals surface area (Å²) < 4.78 is 44.6. The van der Waals surface area contributed by atoms with Gasteiger partial charge < -0.3 is 9.84 Å². The summed E-state index contributed by atoms with van der Waals surface area (Å²) in [5, 5.41) is 8.84. The normalized spacial score (nSPS) is 19.6. The van der Waals surface area contributed by atoms with Crippen molar-refractivity contribution in [2.75, 3.05) is 13.7 Å². The zero-order valence-electron chi connectivity index (χ0n) is 11.5. The Labute approximate surface area is 122 Å². The predicted molar refractivity (Wildman–Crippen MR) is 72.1 cm³/mol. The van der Waals surface area contributed by atoms with Crippen molar-refractivity contribution in [3.8, 4) is 5.75 Å². The van der Waals surface area contributed by atoms with Crippen molar-refractivity contribution in [3.05, 3.63) is 24.0 Å². The van der Waals surface area contributed by atoms with Gasteiger partial charge in [-0.1, -0.05) is 0 Å². The van der Waals surface area contributed by atoms with E-state index in [4.69, 9.17) is 9.84 Å². The van der Waals surface area contributed by atoms with Crippen LogP contribution in [0.2, 0.25) is 0 Å². The van der Waals surface area contributed by atoms with E-state index < -0.39 is 27.9 Å². The van der Waals surface area contributed by atoms with E-state index in [1.807, 2.05) is 0 Å². The van der Waals surface area contributed by atoms with Crippen molar-refractivity contribution >= 4 is 16.0 Å². The average molecular weight is 317 g/mol. The quantitative estimate of drug-likeness (QED) is 0.889. The number of carboxylic acid groups (broad SMARTS) is 1. The minimum absolute atomic E-state index is 0.0440. The van der Waals surface area contributed by atoms with Gasteiger partial charge in [0.15, 0.2) is 11.6 Å². The standard InChI is InChI=1S/C13H16FNO5S/c1-20-12-5-4-10(8-11(12)14)21(18,19)15-6-2-3-9(15)7-13(16)17/h4-5,8-9H,2-3,6-7H2,1H3,(H,16,17). The molecule has 0 amide bonds. The van der Waals surface area contributed by atoms with Crippen LogP contribution in [0.3, 0.4) is 0 Å². The van der Waals surface area contributed by atoms with Crippen molar-refractivity contribution in [1.82, 2.24) is 4.31 Å². The van der Waals surface area contributed by atoms with Crippen molar-refractivity contribution in [2.45, 2.75) is 30.2 Å². The zero-order valence-corrected chi connectivity index (χ0v) is 12.3. The first-order valence-electron chi connectivity index (χ1n) is 6.43. The summed E-state index contributed by atoms with van der Waals surface area (Å²) in [4.78, 5) is 10.6. The monoisotopic (exact) mass is 317 g/mol. The van der Waals surface area contributed by atoms with Crippen LogP contribution in [0, 0.1) is 5.82 Å². The molecule has 116 valence electrons. The van der Waals surface area contributed by atoms with E-state index in [1.54, 1.807) is 0 Å². The van der Waals surface area contributed by atoms with Crippen LogP contribution in [-0.4, -0.2) is 43.5 Å². The van der Waals surface area contributed by atoms with Gasteiger partial charge in [-0.2, -0.15) is 4.31 Å². The SMILES string of the molecule is COc1ccc(S(=O)(=O)N2CCCC2CC(=O)O)cc1F. The molecule has 1 aromatic carbocycles. The lowest BCUT2D eigenvalue weighted by molar-refractivity contribution is -0.137. The van der Waals surface area contributed by atoms with E-state index in [1.165, 1.54) is 19.2 Å². The summed E-state index contributed by atoms with van der Waals surface area (Å²) >= 11 is 0. The summed E-state index contributed by atoms with van der Waals surface area (Å²) in [5.41, 5.74) is 0. The first-order chi connectivity index (χ1) is 9.86. The molecule has 0 aromatic heterocycles. The highest BCUT2D eigenvalue weighted by molar-refractivity contribution is 7.89. The molecule has 2 rings (SSSR count). The summed E-state index contributed by atoms with van der Waals surface area (Å²) in [6.45, 7) is 0.244. The Morgan fingerprint density at radius 3 is 2.81 bits per heavy atom. The van der Waals surface area contributed by atoms with Crippen molar-refractivity contribution in [1.29, 1.82) is 0 Å².